The van der Waals surface area contributed by atoms with Gasteiger partial charge in [0.25, 0.3) is 0 Å². The fourth-order valence-electron chi connectivity index (χ4n) is 4.14. The molecule has 2 aliphatic rings. The van der Waals surface area contributed by atoms with Crippen LogP contribution in [0.1, 0.15) is 44.1 Å². The molecule has 0 bridgehead atoms. The third kappa shape index (κ3) is 3.60. The van der Waals surface area contributed by atoms with Gasteiger partial charge in [0.15, 0.2) is 0 Å². The molecule has 0 unspecified atom stereocenters. The maximum Gasteiger partial charge on any atom is 0.317 e. The second kappa shape index (κ2) is 7.38. The number of nitrogens with one attached hydrogen (secondary N) is 1. The van der Waals surface area contributed by atoms with Gasteiger partial charge in [-0.1, -0.05) is 18.9 Å². The minimum Gasteiger partial charge on any atom is -0.337 e. The van der Waals surface area contributed by atoms with Gasteiger partial charge in [0, 0.05) is 36.5 Å². The molecule has 134 valence electrons. The first-order chi connectivity index (χ1) is 12.1. The van der Waals surface area contributed by atoms with Crippen molar-refractivity contribution in [3.8, 4) is 6.07 Å². The Morgan fingerprint density at radius 1 is 1.24 bits per heavy atom. The molecule has 2 amide bonds. The molecular weight excluding hydrogens is 324 g/mol. The van der Waals surface area contributed by atoms with Gasteiger partial charge in [-0.3, -0.25) is 0 Å². The van der Waals surface area contributed by atoms with Gasteiger partial charge < -0.3 is 10.2 Å². The van der Waals surface area contributed by atoms with Crippen LogP contribution in [-0.4, -0.2) is 30.6 Å². The number of benzene rings is 1. The molecule has 4 nitrogen and oxygen atoms in total. The van der Waals surface area contributed by atoms with Crippen LogP contribution in [0.2, 0.25) is 0 Å². The number of nitriles is 1. The van der Waals surface area contributed by atoms with Crippen LogP contribution in [0.5, 0.6) is 0 Å². The highest BCUT2D eigenvalue weighted by Gasteiger charge is 2.40. The Hall–Kier alpha value is -2.16. The van der Waals surface area contributed by atoms with Crippen LogP contribution >= 0.6 is 0 Å². The topological polar surface area (TPSA) is 56.1 Å². The molecule has 1 aromatic rings. The fourth-order valence-corrected chi connectivity index (χ4v) is 4.14. The van der Waals surface area contributed by atoms with Crippen molar-refractivity contribution in [3.63, 3.8) is 0 Å². The number of piperidine rings is 1. The van der Waals surface area contributed by atoms with E-state index in [1.54, 1.807) is 4.90 Å². The van der Waals surface area contributed by atoms with E-state index < -0.39 is 17.0 Å². The van der Waals surface area contributed by atoms with Gasteiger partial charge in [-0.25, -0.2) is 13.6 Å². The molecule has 25 heavy (non-hydrogen) atoms. The number of carbonyl (C=O) groups excluding carboxylic acids is 1. The second-order valence-electron chi connectivity index (χ2n) is 7.13. The predicted octanol–water partition coefficient (Wildman–Crippen LogP) is 3.72. The Morgan fingerprint density at radius 2 is 1.84 bits per heavy atom. The van der Waals surface area contributed by atoms with Gasteiger partial charge >= 0.3 is 6.03 Å². The van der Waals surface area contributed by atoms with Crippen LogP contribution < -0.4 is 5.32 Å². The highest BCUT2D eigenvalue weighted by Crippen LogP contribution is 2.42. The molecule has 1 N–H and O–H groups in total. The molecule has 1 aliphatic carbocycles. The van der Waals surface area contributed by atoms with Crippen molar-refractivity contribution in [3.05, 3.63) is 35.4 Å². The van der Waals surface area contributed by atoms with Crippen molar-refractivity contribution in [1.29, 1.82) is 5.26 Å². The maximum atomic E-state index is 14.3. The molecule has 3 rings (SSSR count). The summed E-state index contributed by atoms with van der Waals surface area (Å²) in [6.07, 6.45) is 4.49. The number of urea groups is 1. The summed E-state index contributed by atoms with van der Waals surface area (Å²) >= 11 is 0. The Kier molecular flexibility index (Phi) is 5.22. The monoisotopic (exact) mass is 347 g/mol. The van der Waals surface area contributed by atoms with E-state index in [1.807, 2.05) is 0 Å². The first kappa shape index (κ1) is 17.7. The summed E-state index contributed by atoms with van der Waals surface area (Å²) in [5, 5.41) is 11.8. The van der Waals surface area contributed by atoms with Crippen molar-refractivity contribution in [2.45, 2.75) is 43.9 Å². The maximum absolute atomic E-state index is 14.3. The molecule has 1 heterocycles. The lowest BCUT2D eigenvalue weighted by molar-refractivity contribution is 0.175. The molecule has 1 saturated carbocycles. The Balaban J connectivity index is 1.69. The zero-order chi connectivity index (χ0) is 17.9. The molecule has 0 radical (unpaired) electrons. The van der Waals surface area contributed by atoms with E-state index in [4.69, 9.17) is 5.26 Å². The van der Waals surface area contributed by atoms with Crippen molar-refractivity contribution >= 4 is 6.03 Å². The molecule has 1 aromatic carbocycles. The molecule has 0 atom stereocenters. The Labute approximate surface area is 146 Å². The molecule has 0 aromatic heterocycles. The summed E-state index contributed by atoms with van der Waals surface area (Å²) < 4.78 is 28.6. The largest absolute Gasteiger partial charge is 0.337 e. The normalized spacial score (nSPS) is 20.3. The summed E-state index contributed by atoms with van der Waals surface area (Å²) in [4.78, 5) is 14.1. The van der Waals surface area contributed by atoms with Gasteiger partial charge in [-0.2, -0.15) is 5.26 Å². The van der Waals surface area contributed by atoms with E-state index in [0.717, 1.165) is 12.8 Å². The Morgan fingerprint density at radius 3 is 2.40 bits per heavy atom. The highest BCUT2D eigenvalue weighted by molar-refractivity contribution is 5.74. The van der Waals surface area contributed by atoms with Gasteiger partial charge in [-0.05, 0) is 37.8 Å². The van der Waals surface area contributed by atoms with Crippen LogP contribution in [0.4, 0.5) is 13.6 Å². The third-order valence-electron chi connectivity index (χ3n) is 5.60. The van der Waals surface area contributed by atoms with E-state index in [1.165, 1.54) is 18.2 Å². The summed E-state index contributed by atoms with van der Waals surface area (Å²) in [5.41, 5.74) is -0.563. The minimum absolute atomic E-state index is 0.0118. The molecule has 1 aliphatic heterocycles. The minimum atomic E-state index is -0.671. The molecule has 2 fully saturated rings. The van der Waals surface area contributed by atoms with Crippen molar-refractivity contribution < 1.29 is 13.6 Å². The third-order valence-corrected chi connectivity index (χ3v) is 5.60. The zero-order valence-electron chi connectivity index (χ0n) is 14.2. The molecular formula is C19H23F2N3O. The van der Waals surface area contributed by atoms with Crippen molar-refractivity contribution in [2.24, 2.45) is 5.92 Å². The number of halogens is 2. The fraction of sp³-hybridized carbons (Fsp3) is 0.579. The van der Waals surface area contributed by atoms with Gasteiger partial charge in [0.2, 0.25) is 0 Å². The SMILES string of the molecule is N#CC1CCN(C(=O)NCC2(c3c(F)cccc3F)CCCC2)CC1. The first-order valence-electron chi connectivity index (χ1n) is 8.93. The average molecular weight is 347 g/mol. The van der Waals surface area contributed by atoms with Crippen molar-refractivity contribution in [1.82, 2.24) is 10.2 Å². The van der Waals surface area contributed by atoms with Crippen LogP contribution in [-0.2, 0) is 5.41 Å². The van der Waals surface area contributed by atoms with E-state index in [-0.39, 0.29) is 24.1 Å². The van der Waals surface area contributed by atoms with Gasteiger partial charge in [0.1, 0.15) is 11.6 Å². The van der Waals surface area contributed by atoms with E-state index in [0.29, 0.717) is 38.8 Å². The van der Waals surface area contributed by atoms with E-state index >= 15 is 0 Å². The number of carbonyl (C=O) groups is 1. The number of amides is 2. The average Bonchev–Trinajstić information content (AvgIpc) is 3.09. The summed E-state index contributed by atoms with van der Waals surface area (Å²) in [6.45, 7) is 1.33. The van der Waals surface area contributed by atoms with Crippen LogP contribution in [0.3, 0.4) is 0 Å². The predicted molar refractivity (Wildman–Crippen MR) is 89.8 cm³/mol. The van der Waals surface area contributed by atoms with E-state index in [9.17, 15) is 13.6 Å². The van der Waals surface area contributed by atoms with Crippen molar-refractivity contribution in [2.75, 3.05) is 19.6 Å². The Bertz CT molecular complexity index is 651. The van der Waals surface area contributed by atoms with Gasteiger partial charge in [-0.15, -0.1) is 0 Å². The molecule has 1 saturated heterocycles. The number of nitrogens with zero attached hydrogens (tertiary/aromatic N) is 2. The lowest BCUT2D eigenvalue weighted by Crippen LogP contribution is -2.48. The molecule has 0 spiro atoms. The van der Waals surface area contributed by atoms with Gasteiger partial charge in [0.05, 0.1) is 6.07 Å². The lowest BCUT2D eigenvalue weighted by Gasteiger charge is -2.33. The number of hydrogen-bond donors (Lipinski definition) is 1. The number of likely N-dealkylation sites (tertiary alicyclic amines) is 1. The van der Waals surface area contributed by atoms with Crippen LogP contribution in [0, 0.1) is 28.9 Å². The summed E-state index contributed by atoms with van der Waals surface area (Å²) in [6, 6.07) is 5.97. The highest BCUT2D eigenvalue weighted by atomic mass is 19.1. The first-order valence-corrected chi connectivity index (χ1v) is 8.93. The summed E-state index contributed by atoms with van der Waals surface area (Å²) in [5.74, 6) is -1.06. The van der Waals surface area contributed by atoms with Crippen LogP contribution in [0.25, 0.3) is 0 Å². The number of hydrogen-bond acceptors (Lipinski definition) is 2. The van der Waals surface area contributed by atoms with Crippen LogP contribution in [0.15, 0.2) is 18.2 Å². The summed E-state index contributed by atoms with van der Waals surface area (Å²) in [7, 11) is 0. The number of rotatable bonds is 3. The smallest absolute Gasteiger partial charge is 0.317 e. The zero-order valence-corrected chi connectivity index (χ0v) is 14.2. The van der Waals surface area contributed by atoms with E-state index in [2.05, 4.69) is 11.4 Å². The lowest BCUT2D eigenvalue weighted by atomic mass is 9.78. The standard InChI is InChI=1S/C19H23F2N3O/c20-15-4-3-5-16(21)17(15)19(8-1-2-9-19)13-23-18(25)24-10-6-14(12-22)7-11-24/h3-5,14H,1-2,6-11,13H2,(H,23,25). The molecule has 6 heteroatoms. The quantitative estimate of drug-likeness (QED) is 0.906. The second-order valence-corrected chi connectivity index (χ2v) is 7.13.